The highest BCUT2D eigenvalue weighted by atomic mass is 19.1. The topological polar surface area (TPSA) is 48.5 Å². The van der Waals surface area contributed by atoms with Crippen molar-refractivity contribution in [1.29, 1.82) is 0 Å². The fraction of sp³-hybridized carbons (Fsp3) is 0.429. The Kier molecular flexibility index (Phi) is 5.23. The summed E-state index contributed by atoms with van der Waals surface area (Å²) in [5.74, 6) is -0.282. The van der Waals surface area contributed by atoms with Gasteiger partial charge >= 0.3 is 0 Å². The summed E-state index contributed by atoms with van der Waals surface area (Å²) in [5, 5.41) is 3.07. The van der Waals surface area contributed by atoms with Crippen LogP contribution in [0.15, 0.2) is 42.6 Å². The van der Waals surface area contributed by atoms with E-state index in [1.807, 2.05) is 24.3 Å². The molecule has 2 aliphatic rings. The molecule has 0 bridgehead atoms. The average Bonchev–Trinajstić information content (AvgIpc) is 3.22. The number of carbonyl (C=O) groups is 1. The van der Waals surface area contributed by atoms with Crippen LogP contribution >= 0.6 is 0 Å². The van der Waals surface area contributed by atoms with Gasteiger partial charge in [-0.3, -0.25) is 4.79 Å². The summed E-state index contributed by atoms with van der Waals surface area (Å²) in [6.45, 7) is 3.48. The number of aromatic nitrogens is 1. The molecule has 0 unspecified atom stereocenters. The molecule has 5 nitrogen and oxygen atoms in total. The van der Waals surface area contributed by atoms with Crippen molar-refractivity contribution in [3.63, 3.8) is 0 Å². The highest BCUT2D eigenvalue weighted by Gasteiger charge is 2.20. The third kappa shape index (κ3) is 4.21. The van der Waals surface area contributed by atoms with Gasteiger partial charge in [-0.05, 0) is 49.2 Å². The minimum Gasteiger partial charge on any atom is -0.368 e. The van der Waals surface area contributed by atoms with Crippen LogP contribution in [0.3, 0.4) is 0 Å². The molecular weight excluding hydrogens is 343 g/mol. The molecule has 1 aliphatic carbocycles. The number of rotatable bonds is 4. The molecule has 1 saturated heterocycles. The van der Waals surface area contributed by atoms with Crippen LogP contribution in [0.2, 0.25) is 0 Å². The van der Waals surface area contributed by atoms with E-state index in [-0.39, 0.29) is 11.7 Å². The Morgan fingerprint density at radius 1 is 0.926 bits per heavy atom. The largest absolute Gasteiger partial charge is 0.368 e. The summed E-state index contributed by atoms with van der Waals surface area (Å²) in [6, 6.07) is 10.7. The first-order valence-electron chi connectivity index (χ1n) is 9.71. The first kappa shape index (κ1) is 17.8. The molecule has 0 atom stereocenters. The number of anilines is 2. The summed E-state index contributed by atoms with van der Waals surface area (Å²) in [5.41, 5.74) is 2.56. The number of nitrogens with one attached hydrogen (secondary N) is 1. The number of carbonyl (C=O) groups excluding carboxylic acids is 1. The minimum atomic E-state index is -0.208. The first-order valence-corrected chi connectivity index (χ1v) is 9.71. The van der Waals surface area contributed by atoms with Crippen LogP contribution in [0.5, 0.6) is 0 Å². The van der Waals surface area contributed by atoms with Crippen LogP contribution in [0.4, 0.5) is 15.8 Å². The first-order chi connectivity index (χ1) is 13.2. The highest BCUT2D eigenvalue weighted by Crippen LogP contribution is 2.21. The molecule has 0 radical (unpaired) electrons. The Morgan fingerprint density at radius 3 is 2.11 bits per heavy atom. The lowest BCUT2D eigenvalue weighted by molar-refractivity contribution is 0.0933. The third-order valence-electron chi connectivity index (χ3n) is 5.51. The number of nitrogens with zero attached hydrogens (tertiary/aromatic N) is 3. The summed E-state index contributed by atoms with van der Waals surface area (Å²) in [4.78, 5) is 21.2. The molecule has 1 aromatic carbocycles. The Bertz CT molecular complexity index is 764. The van der Waals surface area contributed by atoms with E-state index in [0.29, 0.717) is 11.7 Å². The molecule has 2 heterocycles. The second kappa shape index (κ2) is 7.94. The monoisotopic (exact) mass is 368 g/mol. The van der Waals surface area contributed by atoms with Crippen LogP contribution in [0, 0.1) is 5.82 Å². The van der Waals surface area contributed by atoms with Crippen LogP contribution in [-0.4, -0.2) is 43.1 Å². The molecule has 1 amide bonds. The van der Waals surface area contributed by atoms with Gasteiger partial charge in [0, 0.05) is 37.9 Å². The molecular formula is C21H25FN4O. The van der Waals surface area contributed by atoms with Crippen LogP contribution in [0.25, 0.3) is 0 Å². The van der Waals surface area contributed by atoms with E-state index in [1.54, 1.807) is 6.20 Å². The molecule has 27 heavy (non-hydrogen) atoms. The SMILES string of the molecule is O=C(NC1CCCC1)c1ccc(N2CCN(c3ccc(F)cc3)CC2)cn1. The molecule has 2 fully saturated rings. The van der Waals surface area contributed by atoms with Crippen LogP contribution < -0.4 is 15.1 Å². The second-order valence-corrected chi connectivity index (χ2v) is 7.31. The van der Waals surface area contributed by atoms with Crippen molar-refractivity contribution in [2.24, 2.45) is 0 Å². The molecule has 1 N–H and O–H groups in total. The van der Waals surface area contributed by atoms with E-state index in [0.717, 1.165) is 50.4 Å². The maximum atomic E-state index is 13.1. The van der Waals surface area contributed by atoms with Crippen molar-refractivity contribution in [1.82, 2.24) is 10.3 Å². The van der Waals surface area contributed by atoms with E-state index < -0.39 is 0 Å². The van der Waals surface area contributed by atoms with Gasteiger partial charge in [0.25, 0.3) is 5.91 Å². The van der Waals surface area contributed by atoms with Gasteiger partial charge in [-0.15, -0.1) is 0 Å². The number of halogens is 1. The van der Waals surface area contributed by atoms with Gasteiger partial charge in [0.2, 0.25) is 0 Å². The normalized spacial score (nSPS) is 18.0. The second-order valence-electron chi connectivity index (χ2n) is 7.31. The van der Waals surface area contributed by atoms with Gasteiger partial charge in [-0.2, -0.15) is 0 Å². The van der Waals surface area contributed by atoms with E-state index in [4.69, 9.17) is 0 Å². The molecule has 6 heteroatoms. The Labute approximate surface area is 159 Å². The summed E-state index contributed by atoms with van der Waals surface area (Å²) in [7, 11) is 0. The standard InChI is InChI=1S/C21H25FN4O/c22-16-5-7-18(8-6-16)25-11-13-26(14-12-25)19-9-10-20(23-15-19)21(27)24-17-3-1-2-4-17/h5-10,15,17H,1-4,11-14H2,(H,24,27). The molecule has 1 aromatic heterocycles. The van der Waals surface area contributed by atoms with E-state index in [9.17, 15) is 9.18 Å². The van der Waals surface area contributed by atoms with Crippen LogP contribution in [-0.2, 0) is 0 Å². The molecule has 1 saturated carbocycles. The molecule has 1 aliphatic heterocycles. The van der Waals surface area contributed by atoms with E-state index in [2.05, 4.69) is 20.1 Å². The van der Waals surface area contributed by atoms with E-state index in [1.165, 1.54) is 25.0 Å². The smallest absolute Gasteiger partial charge is 0.270 e. The molecule has 0 spiro atoms. The summed E-state index contributed by atoms with van der Waals surface area (Å²) in [6.07, 6.45) is 6.32. The van der Waals surface area contributed by atoms with Crippen molar-refractivity contribution in [3.8, 4) is 0 Å². The number of piperazine rings is 1. The number of benzene rings is 1. The van der Waals surface area contributed by atoms with Crippen molar-refractivity contribution in [3.05, 3.63) is 54.1 Å². The van der Waals surface area contributed by atoms with Gasteiger partial charge < -0.3 is 15.1 Å². The van der Waals surface area contributed by atoms with E-state index >= 15 is 0 Å². The van der Waals surface area contributed by atoms with Crippen molar-refractivity contribution in [2.45, 2.75) is 31.7 Å². The number of hydrogen-bond donors (Lipinski definition) is 1. The predicted octanol–water partition coefficient (Wildman–Crippen LogP) is 3.22. The zero-order valence-electron chi connectivity index (χ0n) is 15.4. The minimum absolute atomic E-state index is 0.0745. The summed E-state index contributed by atoms with van der Waals surface area (Å²) >= 11 is 0. The number of hydrogen-bond acceptors (Lipinski definition) is 4. The maximum absolute atomic E-state index is 13.1. The molecule has 4 rings (SSSR count). The van der Waals surface area contributed by atoms with Gasteiger partial charge in [0.05, 0.1) is 11.9 Å². The Morgan fingerprint density at radius 2 is 1.52 bits per heavy atom. The molecule has 2 aromatic rings. The van der Waals surface area contributed by atoms with Gasteiger partial charge in [-0.1, -0.05) is 12.8 Å². The lowest BCUT2D eigenvalue weighted by Gasteiger charge is -2.37. The zero-order valence-corrected chi connectivity index (χ0v) is 15.4. The lowest BCUT2D eigenvalue weighted by Crippen LogP contribution is -2.46. The van der Waals surface area contributed by atoms with Gasteiger partial charge in [0.15, 0.2) is 0 Å². The van der Waals surface area contributed by atoms with Crippen molar-refractivity contribution >= 4 is 17.3 Å². The fourth-order valence-corrected chi connectivity index (χ4v) is 3.91. The zero-order chi connectivity index (χ0) is 18.6. The Hall–Kier alpha value is -2.63. The maximum Gasteiger partial charge on any atom is 0.270 e. The van der Waals surface area contributed by atoms with Crippen molar-refractivity contribution < 1.29 is 9.18 Å². The lowest BCUT2D eigenvalue weighted by atomic mass is 10.2. The Balaban J connectivity index is 1.33. The van der Waals surface area contributed by atoms with Crippen LogP contribution in [0.1, 0.15) is 36.2 Å². The quantitative estimate of drug-likeness (QED) is 0.900. The molecule has 142 valence electrons. The predicted molar refractivity (Wildman–Crippen MR) is 105 cm³/mol. The highest BCUT2D eigenvalue weighted by molar-refractivity contribution is 5.92. The number of pyridine rings is 1. The average molecular weight is 368 g/mol. The van der Waals surface area contributed by atoms with Crippen molar-refractivity contribution in [2.75, 3.05) is 36.0 Å². The summed E-state index contributed by atoms with van der Waals surface area (Å²) < 4.78 is 13.1. The van der Waals surface area contributed by atoms with Gasteiger partial charge in [0.1, 0.15) is 11.5 Å². The fourth-order valence-electron chi connectivity index (χ4n) is 3.91. The van der Waals surface area contributed by atoms with Gasteiger partial charge in [-0.25, -0.2) is 9.37 Å². The number of amides is 1. The third-order valence-corrected chi connectivity index (χ3v) is 5.51.